The quantitative estimate of drug-likeness (QED) is 0.376. The lowest BCUT2D eigenvalue weighted by Crippen LogP contribution is -2.33. The highest BCUT2D eigenvalue weighted by atomic mass is 19.1. The van der Waals surface area contributed by atoms with E-state index in [0.29, 0.717) is 18.2 Å². The molecule has 170 valence electrons. The number of nitrogens with one attached hydrogen (secondary N) is 1. The van der Waals surface area contributed by atoms with Crippen LogP contribution >= 0.6 is 0 Å². The van der Waals surface area contributed by atoms with E-state index in [-0.39, 0.29) is 23.5 Å². The Balaban J connectivity index is 1.43. The van der Waals surface area contributed by atoms with Crippen LogP contribution in [0.15, 0.2) is 70.0 Å². The van der Waals surface area contributed by atoms with Crippen LogP contribution in [-0.4, -0.2) is 21.5 Å². The van der Waals surface area contributed by atoms with Gasteiger partial charge in [0, 0.05) is 24.1 Å². The Labute approximate surface area is 191 Å². The van der Waals surface area contributed by atoms with Gasteiger partial charge >= 0.3 is 0 Å². The van der Waals surface area contributed by atoms with Crippen molar-refractivity contribution in [3.63, 3.8) is 0 Å². The van der Waals surface area contributed by atoms with E-state index >= 15 is 0 Å². The van der Waals surface area contributed by atoms with Crippen molar-refractivity contribution in [1.29, 1.82) is 0 Å². The Kier molecular flexibility index (Phi) is 5.86. The molecule has 1 amide bonds. The van der Waals surface area contributed by atoms with Gasteiger partial charge in [-0.2, -0.15) is 0 Å². The Hall–Kier alpha value is -3.61. The minimum Gasteiger partial charge on any atom is -0.469 e. The third-order valence-corrected chi connectivity index (χ3v) is 6.16. The summed E-state index contributed by atoms with van der Waals surface area (Å²) >= 11 is 0. The van der Waals surface area contributed by atoms with Gasteiger partial charge < -0.3 is 18.7 Å². The van der Waals surface area contributed by atoms with Crippen LogP contribution in [0.1, 0.15) is 55.0 Å². The van der Waals surface area contributed by atoms with E-state index in [1.165, 1.54) is 25.0 Å². The summed E-state index contributed by atoms with van der Waals surface area (Å²) < 4.78 is 27.0. The molecule has 0 radical (unpaired) electrons. The number of hydrogen-bond acceptors (Lipinski definition) is 4. The lowest BCUT2D eigenvalue weighted by molar-refractivity contribution is 0.0912. The van der Waals surface area contributed by atoms with E-state index in [1.807, 2.05) is 31.5 Å². The van der Waals surface area contributed by atoms with Crippen LogP contribution in [0.2, 0.25) is 0 Å². The molecular weight excluding hydrogens is 421 g/mol. The first-order chi connectivity index (χ1) is 16.1. The number of carbonyl (C=O) groups is 1. The number of carbonyl (C=O) groups excluding carboxylic acids is 1. The van der Waals surface area contributed by atoms with Gasteiger partial charge in [-0.25, -0.2) is 9.37 Å². The normalized spacial score (nSPS) is 15.1. The maximum Gasteiger partial charge on any atom is 0.287 e. The topological polar surface area (TPSA) is 73.2 Å². The third kappa shape index (κ3) is 4.49. The van der Waals surface area contributed by atoms with Crippen LogP contribution in [0, 0.1) is 5.82 Å². The van der Waals surface area contributed by atoms with E-state index < -0.39 is 0 Å². The fourth-order valence-corrected chi connectivity index (χ4v) is 4.55. The van der Waals surface area contributed by atoms with Gasteiger partial charge in [-0.15, -0.1) is 0 Å². The maximum atomic E-state index is 13.5. The molecule has 0 bridgehead atoms. The van der Waals surface area contributed by atoms with Crippen LogP contribution < -0.4 is 5.32 Å². The summed E-state index contributed by atoms with van der Waals surface area (Å²) in [5.41, 5.74) is 2.34. The monoisotopic (exact) mass is 447 g/mol. The predicted octanol–water partition coefficient (Wildman–Crippen LogP) is 6.02. The number of imidazole rings is 1. The zero-order valence-electron chi connectivity index (χ0n) is 18.5. The summed E-state index contributed by atoms with van der Waals surface area (Å²) in [6, 6.07) is 13.7. The molecule has 1 fully saturated rings. The summed E-state index contributed by atoms with van der Waals surface area (Å²) in [4.78, 5) is 17.5. The van der Waals surface area contributed by atoms with Crippen molar-refractivity contribution in [2.24, 2.45) is 0 Å². The summed E-state index contributed by atoms with van der Waals surface area (Å²) in [6.45, 7) is 1.92. The zero-order chi connectivity index (χ0) is 22.8. The van der Waals surface area contributed by atoms with Gasteiger partial charge in [0.25, 0.3) is 5.91 Å². The molecule has 0 aliphatic heterocycles. The average Bonchev–Trinajstić information content (AvgIpc) is 3.60. The molecular formula is C26H26FN3O3. The van der Waals surface area contributed by atoms with Crippen LogP contribution in [0.5, 0.6) is 0 Å². The number of halogens is 1. The van der Waals surface area contributed by atoms with Crippen molar-refractivity contribution in [1.82, 2.24) is 14.9 Å². The van der Waals surface area contributed by atoms with E-state index in [2.05, 4.69) is 14.9 Å². The van der Waals surface area contributed by atoms with Gasteiger partial charge in [-0.05, 0) is 68.3 Å². The summed E-state index contributed by atoms with van der Waals surface area (Å²) in [6.07, 6.45) is 8.54. The Morgan fingerprint density at radius 1 is 1.18 bits per heavy atom. The van der Waals surface area contributed by atoms with E-state index in [0.717, 1.165) is 35.6 Å². The minimum absolute atomic E-state index is 0.115. The first-order valence-electron chi connectivity index (χ1n) is 11.3. The number of rotatable bonds is 7. The Morgan fingerprint density at radius 2 is 1.97 bits per heavy atom. The average molecular weight is 448 g/mol. The summed E-state index contributed by atoms with van der Waals surface area (Å²) in [5.74, 6) is 1.04. The van der Waals surface area contributed by atoms with Gasteiger partial charge in [0.15, 0.2) is 11.5 Å². The van der Waals surface area contributed by atoms with Gasteiger partial charge in [0.05, 0.1) is 18.3 Å². The molecule has 1 aliphatic rings. The van der Waals surface area contributed by atoms with Gasteiger partial charge in [0.1, 0.15) is 17.3 Å². The molecule has 5 rings (SSSR count). The number of furan rings is 2. The zero-order valence-corrected chi connectivity index (χ0v) is 18.5. The third-order valence-electron chi connectivity index (χ3n) is 6.16. The summed E-state index contributed by atoms with van der Waals surface area (Å²) in [5, 5.41) is 2.96. The highest BCUT2D eigenvalue weighted by molar-refractivity contribution is 5.92. The Morgan fingerprint density at radius 3 is 2.70 bits per heavy atom. The van der Waals surface area contributed by atoms with E-state index in [1.54, 1.807) is 24.5 Å². The molecule has 7 heteroatoms. The first kappa shape index (κ1) is 21.2. The summed E-state index contributed by atoms with van der Waals surface area (Å²) in [7, 11) is 0. The van der Waals surface area contributed by atoms with Crippen LogP contribution in [0.25, 0.3) is 22.7 Å². The predicted molar refractivity (Wildman–Crippen MR) is 122 cm³/mol. The lowest BCUT2D eigenvalue weighted by Gasteiger charge is -2.15. The number of aromatic nitrogens is 2. The number of benzene rings is 1. The van der Waals surface area contributed by atoms with Crippen molar-refractivity contribution in [2.45, 2.75) is 51.1 Å². The first-order valence-corrected chi connectivity index (χ1v) is 11.3. The number of nitrogens with zero attached hydrogens (tertiary/aromatic N) is 2. The highest BCUT2D eigenvalue weighted by Crippen LogP contribution is 2.39. The van der Waals surface area contributed by atoms with Gasteiger partial charge in [0.2, 0.25) is 0 Å². The molecule has 4 aromatic rings. The molecule has 0 unspecified atom stereocenters. The van der Waals surface area contributed by atoms with Crippen molar-refractivity contribution < 1.29 is 18.0 Å². The largest absolute Gasteiger partial charge is 0.469 e. The molecule has 1 saturated carbocycles. The van der Waals surface area contributed by atoms with E-state index in [9.17, 15) is 9.18 Å². The highest BCUT2D eigenvalue weighted by Gasteiger charge is 2.26. The lowest BCUT2D eigenvalue weighted by atomic mass is 10.1. The molecule has 0 spiro atoms. The van der Waals surface area contributed by atoms with Crippen LogP contribution in [0.4, 0.5) is 4.39 Å². The maximum absolute atomic E-state index is 13.5. The molecule has 1 aromatic carbocycles. The minimum atomic E-state index is -0.295. The standard InChI is InChI=1S/C26H26FN3O3/c1-17(15-21-7-4-14-32-21)29-26(31)23-13-12-22(33-23)25-24(18-8-10-19(27)11-9-18)28-16-30(25)20-5-2-3-6-20/h4,7-14,16-17,20H,2-3,5-6,15H2,1H3,(H,29,31)/t17-/m0/s1. The molecule has 3 heterocycles. The molecule has 1 atom stereocenters. The smallest absolute Gasteiger partial charge is 0.287 e. The van der Waals surface area contributed by atoms with Crippen molar-refractivity contribution in [2.75, 3.05) is 0 Å². The molecule has 0 saturated heterocycles. The molecule has 6 nitrogen and oxygen atoms in total. The molecule has 1 N–H and O–H groups in total. The van der Waals surface area contributed by atoms with Gasteiger partial charge in [-0.1, -0.05) is 12.8 Å². The Bertz CT molecular complexity index is 1220. The number of hydrogen-bond donors (Lipinski definition) is 1. The van der Waals surface area contributed by atoms with Crippen molar-refractivity contribution in [3.8, 4) is 22.7 Å². The molecule has 3 aromatic heterocycles. The fraction of sp³-hybridized carbons (Fsp3) is 0.308. The number of amides is 1. The van der Waals surface area contributed by atoms with Crippen molar-refractivity contribution in [3.05, 3.63) is 78.5 Å². The second-order valence-electron chi connectivity index (χ2n) is 8.62. The second kappa shape index (κ2) is 9.10. The SMILES string of the molecule is C[C@@H](Cc1ccco1)NC(=O)c1ccc(-c2c(-c3ccc(F)cc3)ncn2C2CCCC2)o1. The molecule has 33 heavy (non-hydrogen) atoms. The van der Waals surface area contributed by atoms with E-state index in [4.69, 9.17) is 8.83 Å². The van der Waals surface area contributed by atoms with Crippen molar-refractivity contribution >= 4 is 5.91 Å². The van der Waals surface area contributed by atoms with Crippen LogP contribution in [-0.2, 0) is 6.42 Å². The fourth-order valence-electron chi connectivity index (χ4n) is 4.55. The molecule has 1 aliphatic carbocycles. The second-order valence-corrected chi connectivity index (χ2v) is 8.62. The van der Waals surface area contributed by atoms with Crippen LogP contribution in [0.3, 0.4) is 0 Å². The van der Waals surface area contributed by atoms with Gasteiger partial charge in [-0.3, -0.25) is 4.79 Å².